The molecule has 0 unspecified atom stereocenters. The van der Waals surface area contributed by atoms with Gasteiger partial charge in [0.15, 0.2) is 0 Å². The monoisotopic (exact) mass is 261 g/mol. The minimum Gasteiger partial charge on any atom is -0.493 e. The predicted octanol–water partition coefficient (Wildman–Crippen LogP) is 3.49. The van der Waals surface area contributed by atoms with Crippen molar-refractivity contribution in [3.05, 3.63) is 29.8 Å². The van der Waals surface area contributed by atoms with E-state index < -0.39 is 0 Å². The second-order valence-corrected chi connectivity index (χ2v) is 4.99. The fourth-order valence-corrected chi connectivity index (χ4v) is 2.55. The van der Waals surface area contributed by atoms with Gasteiger partial charge in [0.2, 0.25) is 0 Å². The normalized spacial score (nSPS) is 16.6. The largest absolute Gasteiger partial charge is 0.493 e. The highest BCUT2D eigenvalue weighted by molar-refractivity contribution is 5.96. The summed E-state index contributed by atoms with van der Waals surface area (Å²) in [5, 5.41) is 0. The number of benzene rings is 1. The number of para-hydroxylation sites is 1. The number of rotatable bonds is 3. The first-order valence-electron chi connectivity index (χ1n) is 7.34. The zero-order valence-electron chi connectivity index (χ0n) is 11.7. The first-order chi connectivity index (χ1) is 9.33. The molecule has 1 aromatic carbocycles. The molecule has 1 heterocycles. The van der Waals surface area contributed by atoms with Gasteiger partial charge in [0.1, 0.15) is 5.75 Å². The molecule has 0 atom stereocenters. The maximum absolute atomic E-state index is 12.6. The van der Waals surface area contributed by atoms with Crippen LogP contribution in [0.15, 0.2) is 24.3 Å². The van der Waals surface area contributed by atoms with Crippen molar-refractivity contribution in [1.29, 1.82) is 0 Å². The van der Waals surface area contributed by atoms with Crippen molar-refractivity contribution in [3.8, 4) is 5.75 Å². The molecule has 0 bridgehead atoms. The molecular formula is C16H23NO2. The van der Waals surface area contributed by atoms with Crippen LogP contribution in [-0.2, 0) is 0 Å². The van der Waals surface area contributed by atoms with Crippen LogP contribution in [0.5, 0.6) is 5.75 Å². The van der Waals surface area contributed by atoms with E-state index in [0.29, 0.717) is 17.9 Å². The molecule has 2 rings (SSSR count). The van der Waals surface area contributed by atoms with Crippen LogP contribution >= 0.6 is 0 Å². The minimum atomic E-state index is 0.117. The summed E-state index contributed by atoms with van der Waals surface area (Å²) in [6.07, 6.45) is 6.00. The Morgan fingerprint density at radius 1 is 1.11 bits per heavy atom. The molecule has 1 saturated heterocycles. The van der Waals surface area contributed by atoms with Gasteiger partial charge in [-0.2, -0.15) is 0 Å². The minimum absolute atomic E-state index is 0.117. The lowest BCUT2D eigenvalue weighted by Crippen LogP contribution is -2.34. The van der Waals surface area contributed by atoms with E-state index in [0.717, 1.165) is 25.9 Å². The Morgan fingerprint density at radius 3 is 2.42 bits per heavy atom. The van der Waals surface area contributed by atoms with Crippen LogP contribution in [0.4, 0.5) is 0 Å². The quantitative estimate of drug-likeness (QED) is 0.833. The first kappa shape index (κ1) is 13.9. The van der Waals surface area contributed by atoms with Crippen LogP contribution < -0.4 is 4.74 Å². The van der Waals surface area contributed by atoms with Gasteiger partial charge in [0, 0.05) is 13.1 Å². The molecule has 19 heavy (non-hydrogen) atoms. The molecule has 1 aliphatic heterocycles. The number of likely N-dealkylation sites (tertiary alicyclic amines) is 1. The van der Waals surface area contributed by atoms with Crippen LogP contribution in [0.25, 0.3) is 0 Å². The third kappa shape index (κ3) is 3.72. The summed E-state index contributed by atoms with van der Waals surface area (Å²) >= 11 is 0. The fourth-order valence-electron chi connectivity index (χ4n) is 2.55. The summed E-state index contributed by atoms with van der Waals surface area (Å²) in [5.74, 6) is 0.822. The topological polar surface area (TPSA) is 29.5 Å². The predicted molar refractivity (Wildman–Crippen MR) is 76.6 cm³/mol. The van der Waals surface area contributed by atoms with Gasteiger partial charge < -0.3 is 9.64 Å². The zero-order chi connectivity index (χ0) is 13.5. The highest BCUT2D eigenvalue weighted by atomic mass is 16.5. The van der Waals surface area contributed by atoms with E-state index in [1.54, 1.807) is 0 Å². The standard InChI is InChI=1S/C16H23NO2/c1-2-19-15-11-7-6-10-14(15)16(18)17-12-8-4-3-5-9-13-17/h6-7,10-11H,2-5,8-9,12-13H2,1H3. The van der Waals surface area contributed by atoms with Crippen LogP contribution in [0, 0.1) is 0 Å². The molecule has 0 aromatic heterocycles. The Bertz CT molecular complexity index is 409. The van der Waals surface area contributed by atoms with Crippen molar-refractivity contribution >= 4 is 5.91 Å². The molecule has 104 valence electrons. The Balaban J connectivity index is 2.12. The maximum Gasteiger partial charge on any atom is 0.257 e. The van der Waals surface area contributed by atoms with E-state index in [1.807, 2.05) is 36.1 Å². The van der Waals surface area contributed by atoms with Gasteiger partial charge in [-0.15, -0.1) is 0 Å². The average molecular weight is 261 g/mol. The number of hydrogen-bond donors (Lipinski definition) is 0. The highest BCUT2D eigenvalue weighted by Gasteiger charge is 2.19. The van der Waals surface area contributed by atoms with Gasteiger partial charge in [-0.1, -0.05) is 31.4 Å². The summed E-state index contributed by atoms with van der Waals surface area (Å²) in [7, 11) is 0. The lowest BCUT2D eigenvalue weighted by Gasteiger charge is -2.25. The Kier molecular flexibility index (Phi) is 5.25. The lowest BCUT2D eigenvalue weighted by molar-refractivity contribution is 0.0738. The summed E-state index contributed by atoms with van der Waals surface area (Å²) in [6.45, 7) is 4.28. The Hall–Kier alpha value is -1.51. The molecule has 0 aliphatic carbocycles. The smallest absolute Gasteiger partial charge is 0.257 e. The van der Waals surface area contributed by atoms with Crippen LogP contribution in [0.1, 0.15) is 49.4 Å². The van der Waals surface area contributed by atoms with E-state index in [1.165, 1.54) is 19.3 Å². The molecule has 1 amide bonds. The third-order valence-corrected chi connectivity index (χ3v) is 3.56. The van der Waals surface area contributed by atoms with E-state index in [9.17, 15) is 4.79 Å². The maximum atomic E-state index is 12.6. The molecule has 1 fully saturated rings. The van der Waals surface area contributed by atoms with Crippen molar-refractivity contribution in [2.75, 3.05) is 19.7 Å². The van der Waals surface area contributed by atoms with E-state index in [2.05, 4.69) is 0 Å². The van der Waals surface area contributed by atoms with E-state index in [4.69, 9.17) is 4.74 Å². The second-order valence-electron chi connectivity index (χ2n) is 4.99. The number of ether oxygens (including phenoxy) is 1. The molecule has 3 heteroatoms. The summed E-state index contributed by atoms with van der Waals surface area (Å²) in [5.41, 5.74) is 0.699. The number of hydrogen-bond acceptors (Lipinski definition) is 2. The van der Waals surface area contributed by atoms with Gasteiger partial charge in [-0.3, -0.25) is 4.79 Å². The molecular weight excluding hydrogens is 238 g/mol. The van der Waals surface area contributed by atoms with E-state index in [-0.39, 0.29) is 5.91 Å². The van der Waals surface area contributed by atoms with Gasteiger partial charge in [0.25, 0.3) is 5.91 Å². The fraction of sp³-hybridized carbons (Fsp3) is 0.562. The van der Waals surface area contributed by atoms with Gasteiger partial charge >= 0.3 is 0 Å². The molecule has 0 N–H and O–H groups in total. The van der Waals surface area contributed by atoms with Crippen molar-refractivity contribution in [1.82, 2.24) is 4.90 Å². The second kappa shape index (κ2) is 7.17. The summed E-state index contributed by atoms with van der Waals surface area (Å²) in [6, 6.07) is 7.56. The average Bonchev–Trinajstić information content (AvgIpc) is 2.39. The molecule has 3 nitrogen and oxygen atoms in total. The van der Waals surface area contributed by atoms with Gasteiger partial charge in [0.05, 0.1) is 12.2 Å². The lowest BCUT2D eigenvalue weighted by atomic mass is 10.1. The molecule has 0 radical (unpaired) electrons. The number of amides is 1. The molecule has 0 saturated carbocycles. The van der Waals surface area contributed by atoms with E-state index >= 15 is 0 Å². The number of nitrogens with zero attached hydrogens (tertiary/aromatic N) is 1. The Morgan fingerprint density at radius 2 is 1.74 bits per heavy atom. The summed E-state index contributed by atoms with van der Waals surface area (Å²) < 4.78 is 5.56. The molecule has 1 aromatic rings. The van der Waals surface area contributed by atoms with Gasteiger partial charge in [-0.05, 0) is 31.9 Å². The molecule has 1 aliphatic rings. The number of carbonyl (C=O) groups is 1. The first-order valence-corrected chi connectivity index (χ1v) is 7.34. The SMILES string of the molecule is CCOc1ccccc1C(=O)N1CCCCCCC1. The van der Waals surface area contributed by atoms with Crippen molar-refractivity contribution in [2.45, 2.75) is 39.0 Å². The Labute approximate surface area is 115 Å². The summed E-state index contributed by atoms with van der Waals surface area (Å²) in [4.78, 5) is 14.6. The number of carbonyl (C=O) groups excluding carboxylic acids is 1. The van der Waals surface area contributed by atoms with Crippen molar-refractivity contribution < 1.29 is 9.53 Å². The third-order valence-electron chi connectivity index (χ3n) is 3.56. The highest BCUT2D eigenvalue weighted by Crippen LogP contribution is 2.21. The van der Waals surface area contributed by atoms with Gasteiger partial charge in [-0.25, -0.2) is 0 Å². The van der Waals surface area contributed by atoms with Crippen molar-refractivity contribution in [3.63, 3.8) is 0 Å². The van der Waals surface area contributed by atoms with Crippen LogP contribution in [0.2, 0.25) is 0 Å². The van der Waals surface area contributed by atoms with Crippen molar-refractivity contribution in [2.24, 2.45) is 0 Å². The molecule has 0 spiro atoms. The van der Waals surface area contributed by atoms with Crippen LogP contribution in [-0.4, -0.2) is 30.5 Å². The zero-order valence-corrected chi connectivity index (χ0v) is 11.7. The van der Waals surface area contributed by atoms with Crippen LogP contribution in [0.3, 0.4) is 0 Å².